The quantitative estimate of drug-likeness (QED) is 0.780. The van der Waals surface area contributed by atoms with E-state index in [4.69, 9.17) is 0 Å². The molecule has 0 spiro atoms. The van der Waals surface area contributed by atoms with Crippen molar-refractivity contribution >= 4 is 5.91 Å². The highest BCUT2D eigenvalue weighted by Crippen LogP contribution is 2.35. The second kappa shape index (κ2) is 7.31. The van der Waals surface area contributed by atoms with Crippen LogP contribution < -0.4 is 0 Å². The molecule has 2 heteroatoms. The highest BCUT2D eigenvalue weighted by atomic mass is 16.2. The number of carbonyl (C=O) groups is 1. The van der Waals surface area contributed by atoms with Crippen molar-refractivity contribution in [3.63, 3.8) is 0 Å². The number of benzene rings is 2. The van der Waals surface area contributed by atoms with Gasteiger partial charge in [-0.1, -0.05) is 72.8 Å². The molecule has 1 amide bonds. The van der Waals surface area contributed by atoms with Crippen LogP contribution in [0.4, 0.5) is 0 Å². The van der Waals surface area contributed by atoms with Crippen molar-refractivity contribution in [1.29, 1.82) is 0 Å². The van der Waals surface area contributed by atoms with E-state index < -0.39 is 0 Å². The van der Waals surface area contributed by atoms with Gasteiger partial charge in [0, 0.05) is 24.7 Å². The molecule has 0 atom stereocenters. The lowest BCUT2D eigenvalue weighted by Gasteiger charge is -2.32. The van der Waals surface area contributed by atoms with E-state index in [1.807, 2.05) is 24.5 Å². The van der Waals surface area contributed by atoms with E-state index in [0.29, 0.717) is 0 Å². The molecular formula is C22H23NO. The number of nitrogens with zero attached hydrogens (tertiary/aromatic N) is 1. The van der Waals surface area contributed by atoms with E-state index >= 15 is 0 Å². The molecule has 2 nitrogen and oxygen atoms in total. The number of hydrogen-bond donors (Lipinski definition) is 0. The maximum absolute atomic E-state index is 11.6. The van der Waals surface area contributed by atoms with Crippen molar-refractivity contribution in [3.8, 4) is 0 Å². The zero-order chi connectivity index (χ0) is 16.8. The van der Waals surface area contributed by atoms with Gasteiger partial charge in [0.2, 0.25) is 5.91 Å². The fraction of sp³-hybridized carbons (Fsp3) is 0.227. The lowest BCUT2D eigenvalue weighted by Crippen LogP contribution is -2.27. The van der Waals surface area contributed by atoms with Crippen LogP contribution in [-0.4, -0.2) is 10.8 Å². The topological polar surface area (TPSA) is 20.3 Å². The maximum Gasteiger partial charge on any atom is 0.227 e. The fourth-order valence-electron chi connectivity index (χ4n) is 3.14. The highest BCUT2D eigenvalue weighted by Gasteiger charge is 2.27. The summed E-state index contributed by atoms with van der Waals surface area (Å²) in [5.41, 5.74) is 2.61. The van der Waals surface area contributed by atoms with Gasteiger partial charge in [0.05, 0.1) is 0 Å². The summed E-state index contributed by atoms with van der Waals surface area (Å²) in [4.78, 5) is 13.2. The Morgan fingerprint density at radius 2 is 1.42 bits per heavy atom. The molecule has 0 bridgehead atoms. The van der Waals surface area contributed by atoms with Gasteiger partial charge in [-0.25, -0.2) is 0 Å². The third kappa shape index (κ3) is 4.02. The number of amides is 1. The Morgan fingerprint density at radius 1 is 0.875 bits per heavy atom. The molecule has 0 aromatic heterocycles. The van der Waals surface area contributed by atoms with E-state index in [-0.39, 0.29) is 11.3 Å². The van der Waals surface area contributed by atoms with Gasteiger partial charge in [-0.3, -0.25) is 9.69 Å². The van der Waals surface area contributed by atoms with Crippen LogP contribution in [0.3, 0.4) is 0 Å². The minimum absolute atomic E-state index is 0.0406. The molecule has 0 fully saturated rings. The molecule has 24 heavy (non-hydrogen) atoms. The molecule has 0 radical (unpaired) electrons. The van der Waals surface area contributed by atoms with Crippen molar-refractivity contribution in [2.45, 2.75) is 26.2 Å². The van der Waals surface area contributed by atoms with Gasteiger partial charge in [-0.15, -0.1) is 0 Å². The lowest BCUT2D eigenvalue weighted by atomic mass is 9.76. The maximum atomic E-state index is 11.6. The number of carbonyl (C=O) groups excluding carboxylic acids is 1. The minimum atomic E-state index is -0.0524. The molecule has 1 aliphatic heterocycles. The standard InChI is InChI=1S/C22H23NO/c1-19(24)23-16-14-22(15-17-23,18-21-10-6-3-7-11-21)13-12-20-8-4-2-5-9-20/h2-11,14-17H,12-13,18H2,1H3. The summed E-state index contributed by atoms with van der Waals surface area (Å²) in [5, 5.41) is 0. The molecular weight excluding hydrogens is 294 g/mol. The van der Waals surface area contributed by atoms with Crippen LogP contribution >= 0.6 is 0 Å². The first-order valence-corrected chi connectivity index (χ1v) is 8.42. The molecule has 2 aromatic rings. The molecule has 1 aliphatic rings. The van der Waals surface area contributed by atoms with Crippen molar-refractivity contribution in [3.05, 3.63) is 96.3 Å². The molecule has 0 saturated carbocycles. The normalized spacial score (nSPS) is 15.5. The number of hydrogen-bond acceptors (Lipinski definition) is 1. The Balaban J connectivity index is 1.80. The van der Waals surface area contributed by atoms with E-state index in [1.165, 1.54) is 11.1 Å². The van der Waals surface area contributed by atoms with Gasteiger partial charge < -0.3 is 0 Å². The highest BCUT2D eigenvalue weighted by molar-refractivity contribution is 5.75. The zero-order valence-electron chi connectivity index (χ0n) is 14.1. The SMILES string of the molecule is CC(=O)N1C=CC(CCc2ccccc2)(Cc2ccccc2)C=C1. The summed E-state index contributed by atoms with van der Waals surface area (Å²) in [6.07, 6.45) is 11.2. The number of aryl methyl sites for hydroxylation is 1. The van der Waals surface area contributed by atoms with E-state index in [1.54, 1.807) is 11.8 Å². The Morgan fingerprint density at radius 3 is 1.96 bits per heavy atom. The average molecular weight is 317 g/mol. The van der Waals surface area contributed by atoms with Gasteiger partial charge >= 0.3 is 0 Å². The first kappa shape index (κ1) is 16.3. The average Bonchev–Trinajstić information content (AvgIpc) is 2.62. The van der Waals surface area contributed by atoms with Crippen LogP contribution in [0.1, 0.15) is 24.5 Å². The Hall–Kier alpha value is -2.61. The number of allylic oxidation sites excluding steroid dienone is 2. The second-order valence-electron chi connectivity index (χ2n) is 6.44. The van der Waals surface area contributed by atoms with E-state index in [2.05, 4.69) is 60.7 Å². The van der Waals surface area contributed by atoms with E-state index in [0.717, 1.165) is 19.3 Å². The predicted molar refractivity (Wildman–Crippen MR) is 98.1 cm³/mol. The lowest BCUT2D eigenvalue weighted by molar-refractivity contribution is -0.124. The Bertz CT molecular complexity index is 717. The first-order valence-electron chi connectivity index (χ1n) is 8.42. The van der Waals surface area contributed by atoms with Crippen LogP contribution in [0.15, 0.2) is 85.2 Å². The third-order valence-electron chi connectivity index (χ3n) is 4.60. The van der Waals surface area contributed by atoms with Gasteiger partial charge in [0.15, 0.2) is 0 Å². The molecule has 0 aliphatic carbocycles. The van der Waals surface area contributed by atoms with Gasteiger partial charge in [-0.05, 0) is 30.4 Å². The molecule has 2 aromatic carbocycles. The van der Waals surface area contributed by atoms with Crippen LogP contribution in [0.25, 0.3) is 0 Å². The van der Waals surface area contributed by atoms with Gasteiger partial charge in [0.1, 0.15) is 0 Å². The van der Waals surface area contributed by atoms with Crippen LogP contribution in [-0.2, 0) is 17.6 Å². The molecule has 3 rings (SSSR count). The van der Waals surface area contributed by atoms with Crippen LogP contribution in [0.2, 0.25) is 0 Å². The largest absolute Gasteiger partial charge is 0.296 e. The van der Waals surface area contributed by atoms with Gasteiger partial charge in [-0.2, -0.15) is 0 Å². The molecule has 1 heterocycles. The first-order chi connectivity index (χ1) is 11.7. The van der Waals surface area contributed by atoms with Crippen molar-refractivity contribution < 1.29 is 4.79 Å². The van der Waals surface area contributed by atoms with Crippen molar-refractivity contribution in [2.75, 3.05) is 0 Å². The second-order valence-corrected chi connectivity index (χ2v) is 6.44. The third-order valence-corrected chi connectivity index (χ3v) is 4.60. The van der Waals surface area contributed by atoms with Crippen molar-refractivity contribution in [1.82, 2.24) is 4.90 Å². The van der Waals surface area contributed by atoms with Crippen LogP contribution in [0, 0.1) is 5.41 Å². The Kier molecular flexibility index (Phi) is 4.95. The minimum Gasteiger partial charge on any atom is -0.296 e. The monoisotopic (exact) mass is 317 g/mol. The fourth-order valence-corrected chi connectivity index (χ4v) is 3.14. The zero-order valence-corrected chi connectivity index (χ0v) is 14.1. The molecule has 0 unspecified atom stereocenters. The van der Waals surface area contributed by atoms with Crippen molar-refractivity contribution in [2.24, 2.45) is 5.41 Å². The summed E-state index contributed by atoms with van der Waals surface area (Å²) >= 11 is 0. The summed E-state index contributed by atoms with van der Waals surface area (Å²) in [7, 11) is 0. The van der Waals surface area contributed by atoms with Crippen LogP contribution in [0.5, 0.6) is 0 Å². The Labute approximate surface area is 144 Å². The summed E-state index contributed by atoms with van der Waals surface area (Å²) in [6.45, 7) is 1.59. The molecule has 0 saturated heterocycles. The summed E-state index contributed by atoms with van der Waals surface area (Å²) < 4.78 is 0. The predicted octanol–water partition coefficient (Wildman–Crippen LogP) is 4.74. The summed E-state index contributed by atoms with van der Waals surface area (Å²) in [6, 6.07) is 21.1. The molecule has 0 N–H and O–H groups in total. The summed E-state index contributed by atoms with van der Waals surface area (Å²) in [5.74, 6) is 0.0406. The van der Waals surface area contributed by atoms with Gasteiger partial charge in [0.25, 0.3) is 0 Å². The molecule has 122 valence electrons. The smallest absolute Gasteiger partial charge is 0.227 e. The van der Waals surface area contributed by atoms with E-state index in [9.17, 15) is 4.79 Å². The number of rotatable bonds is 5.